The monoisotopic (exact) mass is 695 g/mol. The van der Waals surface area contributed by atoms with Crippen LogP contribution in [0.4, 0.5) is 37.7 Å². The minimum absolute atomic E-state index is 0.0360. The van der Waals surface area contributed by atoms with Crippen molar-refractivity contribution in [3.05, 3.63) is 87.7 Å². The summed E-state index contributed by atoms with van der Waals surface area (Å²) in [6.45, 7) is 4.96. The summed E-state index contributed by atoms with van der Waals surface area (Å²) in [6.07, 6.45) is -5.84. The van der Waals surface area contributed by atoms with Crippen molar-refractivity contribution in [3.63, 3.8) is 0 Å². The van der Waals surface area contributed by atoms with Crippen LogP contribution in [0.5, 0.6) is 0 Å². The first-order valence-electron chi connectivity index (χ1n) is 15.5. The summed E-state index contributed by atoms with van der Waals surface area (Å²) in [6, 6.07) is 12.2. The van der Waals surface area contributed by atoms with Gasteiger partial charge in [-0.05, 0) is 53.5 Å². The Morgan fingerprint density at radius 3 is 2.34 bits per heavy atom. The average Bonchev–Trinajstić information content (AvgIpc) is 3.73. The molecule has 0 bridgehead atoms. The number of hydrogen-bond donors (Lipinski definition) is 4. The number of nitrogens with zero attached hydrogens (tertiary/aromatic N) is 5. The maximum absolute atomic E-state index is 14.1. The summed E-state index contributed by atoms with van der Waals surface area (Å²) in [5.41, 5.74) is 4.14. The second kappa shape index (κ2) is 12.1. The first-order chi connectivity index (χ1) is 23.4. The Balaban J connectivity index is 1.52. The number of rotatable bonds is 8. The first-order valence-corrected chi connectivity index (χ1v) is 15.5. The first kappa shape index (κ1) is 34.4. The average molecular weight is 696 g/mol. The molecule has 4 N–H and O–H groups in total. The van der Waals surface area contributed by atoms with Gasteiger partial charge in [-0.3, -0.25) is 14.8 Å². The molecule has 0 radical (unpaired) electrons. The number of hydrogen-bond acceptors (Lipinski definition) is 9. The molecule has 3 heterocycles. The van der Waals surface area contributed by atoms with Gasteiger partial charge in [0, 0.05) is 41.6 Å². The van der Waals surface area contributed by atoms with E-state index in [0.29, 0.717) is 39.0 Å². The van der Waals surface area contributed by atoms with E-state index in [1.807, 2.05) is 20.8 Å². The third kappa shape index (κ3) is 6.46. The fourth-order valence-corrected chi connectivity index (χ4v) is 5.99. The lowest BCUT2D eigenvalue weighted by Gasteiger charge is -2.28. The predicted molar refractivity (Wildman–Crippen MR) is 174 cm³/mol. The van der Waals surface area contributed by atoms with E-state index in [-0.39, 0.29) is 45.9 Å². The van der Waals surface area contributed by atoms with Gasteiger partial charge in [-0.25, -0.2) is 0 Å². The number of aromatic nitrogens is 2. The highest BCUT2D eigenvalue weighted by molar-refractivity contribution is 5.99. The Morgan fingerprint density at radius 1 is 1.00 bits per heavy atom. The van der Waals surface area contributed by atoms with E-state index < -0.39 is 36.0 Å². The van der Waals surface area contributed by atoms with E-state index in [9.17, 15) is 41.7 Å². The second-order valence-electron chi connectivity index (χ2n) is 13.6. The quantitative estimate of drug-likeness (QED) is 0.148. The molecule has 260 valence electrons. The molecule has 50 heavy (non-hydrogen) atoms. The van der Waals surface area contributed by atoms with Gasteiger partial charge in [0.1, 0.15) is 18.7 Å². The van der Waals surface area contributed by atoms with Crippen LogP contribution in [0.15, 0.2) is 65.5 Å². The number of pyridine rings is 2. The fourth-order valence-electron chi connectivity index (χ4n) is 5.99. The van der Waals surface area contributed by atoms with Crippen molar-refractivity contribution in [3.8, 4) is 12.1 Å². The van der Waals surface area contributed by atoms with E-state index >= 15 is 0 Å². The van der Waals surface area contributed by atoms with Crippen molar-refractivity contribution >= 4 is 33.1 Å². The smallest absolute Gasteiger partial charge is 0.383 e. The van der Waals surface area contributed by atoms with Crippen LogP contribution < -0.4 is 27.2 Å². The minimum Gasteiger partial charge on any atom is -0.383 e. The third-order valence-electron chi connectivity index (χ3n) is 8.64. The van der Waals surface area contributed by atoms with Gasteiger partial charge in [0.2, 0.25) is 0 Å². The fraction of sp³-hybridized carbons (Fsp3) is 0.353. The Bertz CT molecular complexity index is 2170. The molecule has 2 aromatic carbocycles. The van der Waals surface area contributed by atoms with E-state index in [1.165, 1.54) is 36.7 Å². The Hall–Kier alpha value is -5.48. The van der Waals surface area contributed by atoms with E-state index in [1.54, 1.807) is 12.1 Å². The van der Waals surface area contributed by atoms with Gasteiger partial charge in [0.05, 0.1) is 34.1 Å². The number of fused-ring (bicyclic) bond motifs is 2. The molecule has 6 rings (SSSR count). The summed E-state index contributed by atoms with van der Waals surface area (Å²) in [4.78, 5) is 17.6. The molecule has 2 aromatic heterocycles. The molecule has 0 saturated heterocycles. The molecule has 1 saturated carbocycles. The van der Waals surface area contributed by atoms with Crippen LogP contribution in [0.2, 0.25) is 0 Å². The summed E-state index contributed by atoms with van der Waals surface area (Å²) in [5, 5.41) is 28.2. The molecule has 1 aliphatic heterocycles. The largest absolute Gasteiger partial charge is 0.413 e. The number of halogens is 6. The minimum atomic E-state index is -4.65. The molecule has 0 amide bonds. The maximum Gasteiger partial charge on any atom is 0.413 e. The lowest BCUT2D eigenvalue weighted by molar-refractivity contribution is -0.195. The van der Waals surface area contributed by atoms with Crippen LogP contribution in [0.1, 0.15) is 56.3 Å². The SMILES string of the molecule is CC(C)(C)CNc1c(C#N)cnc2c(C#N)cc(N[C@H](C3=CN(C4(C(F)(F)F)CC4)NN3)c3cccc4c(=O)n(CC(F)(F)F)ccc34)cc12. The second-order valence-corrected chi connectivity index (χ2v) is 13.6. The highest BCUT2D eigenvalue weighted by atomic mass is 19.4. The van der Waals surface area contributed by atoms with Gasteiger partial charge >= 0.3 is 12.4 Å². The van der Waals surface area contributed by atoms with Crippen LogP contribution in [0.25, 0.3) is 21.7 Å². The summed E-state index contributed by atoms with van der Waals surface area (Å²) >= 11 is 0. The van der Waals surface area contributed by atoms with Gasteiger partial charge in [0.25, 0.3) is 5.56 Å². The molecule has 1 atom stereocenters. The van der Waals surface area contributed by atoms with Crippen LogP contribution in [-0.4, -0.2) is 39.0 Å². The topological polar surface area (TPSA) is 134 Å². The van der Waals surface area contributed by atoms with Crippen LogP contribution >= 0.6 is 0 Å². The lowest BCUT2D eigenvalue weighted by Crippen LogP contribution is -2.52. The molecular formula is C34H31F6N9O. The van der Waals surface area contributed by atoms with Crippen molar-refractivity contribution in [1.29, 1.82) is 10.5 Å². The molecule has 0 spiro atoms. The molecule has 1 fully saturated rings. The zero-order valence-corrected chi connectivity index (χ0v) is 27.0. The zero-order chi connectivity index (χ0) is 36.2. The molecule has 10 nitrogen and oxygen atoms in total. The van der Waals surface area contributed by atoms with Gasteiger partial charge < -0.3 is 20.6 Å². The van der Waals surface area contributed by atoms with Gasteiger partial charge in [0.15, 0.2) is 5.54 Å². The number of nitriles is 2. The van der Waals surface area contributed by atoms with Crippen LogP contribution in [0.3, 0.4) is 0 Å². The van der Waals surface area contributed by atoms with Crippen molar-refractivity contribution in [2.24, 2.45) is 5.41 Å². The molecule has 16 heteroatoms. The maximum atomic E-state index is 14.1. The van der Waals surface area contributed by atoms with E-state index in [2.05, 4.69) is 38.7 Å². The van der Waals surface area contributed by atoms with Crippen LogP contribution in [-0.2, 0) is 6.54 Å². The number of benzene rings is 2. The Morgan fingerprint density at radius 2 is 1.72 bits per heavy atom. The van der Waals surface area contributed by atoms with Crippen molar-refractivity contribution < 1.29 is 26.3 Å². The van der Waals surface area contributed by atoms with Crippen molar-refractivity contribution in [2.45, 2.75) is 64.1 Å². The Labute approximate surface area is 281 Å². The predicted octanol–water partition coefficient (Wildman–Crippen LogP) is 6.73. The highest BCUT2D eigenvalue weighted by Gasteiger charge is 2.67. The van der Waals surface area contributed by atoms with Gasteiger partial charge in [-0.1, -0.05) is 32.9 Å². The molecule has 2 aliphatic rings. The van der Waals surface area contributed by atoms with E-state index in [0.717, 1.165) is 11.2 Å². The van der Waals surface area contributed by atoms with Gasteiger partial charge in [-0.2, -0.15) is 36.9 Å². The normalized spacial score (nSPS) is 16.4. The third-order valence-corrected chi connectivity index (χ3v) is 8.64. The summed E-state index contributed by atoms with van der Waals surface area (Å²) in [5.74, 6) is 0. The summed E-state index contributed by atoms with van der Waals surface area (Å²) in [7, 11) is 0. The molecule has 1 aliphatic carbocycles. The number of alkyl halides is 6. The number of hydrazine groups is 2. The Kier molecular flexibility index (Phi) is 8.35. The standard InChI is InChI=1S/C34H31F6N9O/c1-31(2,3)17-44-28-20(14-42)15-43-27-19(13-41)11-21(12-25(27)28)45-29(26-16-49(47-46-26)32(8-9-32)34(38,39)40)23-5-4-6-24-22(23)7-10-48(30(24)50)18-33(35,36)37/h4-7,10-12,15-16,29,45-47H,8-9,17-18H2,1-3H3,(H,43,44)/t29-/m0/s1. The van der Waals surface area contributed by atoms with Crippen molar-refractivity contribution in [2.75, 3.05) is 17.2 Å². The van der Waals surface area contributed by atoms with Gasteiger partial charge in [-0.15, -0.1) is 5.53 Å². The number of nitrogens with one attached hydrogen (secondary N) is 4. The van der Waals surface area contributed by atoms with Crippen molar-refractivity contribution in [1.82, 2.24) is 25.5 Å². The molecule has 0 unspecified atom stereocenters. The number of anilines is 2. The van der Waals surface area contributed by atoms with E-state index in [4.69, 9.17) is 0 Å². The molecular weight excluding hydrogens is 664 g/mol. The highest BCUT2D eigenvalue weighted by Crippen LogP contribution is 2.54. The zero-order valence-electron chi connectivity index (χ0n) is 27.0. The summed E-state index contributed by atoms with van der Waals surface area (Å²) < 4.78 is 82.5. The lowest BCUT2D eigenvalue weighted by atomic mass is 9.96. The molecule has 4 aromatic rings. The van der Waals surface area contributed by atoms with Crippen LogP contribution in [0, 0.1) is 28.1 Å².